The smallest absolute Gasteiger partial charge is 0.475 e. The maximum atomic E-state index is 15.4. The Morgan fingerprint density at radius 1 is 1.13 bits per heavy atom. The average Bonchev–Trinajstić information content (AvgIpc) is 3.28. The number of rotatable bonds is 3. The van der Waals surface area contributed by atoms with E-state index in [4.69, 9.17) is 33.1 Å². The van der Waals surface area contributed by atoms with Gasteiger partial charge < -0.3 is 21.1 Å². The number of fused-ring (bicyclic) bond motifs is 2. The van der Waals surface area contributed by atoms with Crippen molar-refractivity contribution in [1.29, 1.82) is 0 Å². The molecule has 4 N–H and O–H groups in total. The number of likely N-dealkylation sites (N-methyl/N-ethyl adjacent to an activating group) is 1. The summed E-state index contributed by atoms with van der Waals surface area (Å²) in [6.45, 7) is 6.21. The van der Waals surface area contributed by atoms with Crippen molar-refractivity contribution in [2.45, 2.75) is 56.8 Å². The minimum Gasteiger partial charge on any atom is -0.475 e. The number of carboxylic acids is 1. The Bertz CT molecular complexity index is 1300. The topological polar surface area (TPSA) is 108 Å². The van der Waals surface area contributed by atoms with E-state index in [0.717, 1.165) is 0 Å². The molecule has 0 saturated carbocycles. The first-order chi connectivity index (χ1) is 17.9. The Morgan fingerprint density at radius 2 is 1.74 bits per heavy atom. The molecule has 0 bridgehead atoms. The van der Waals surface area contributed by atoms with E-state index < -0.39 is 41.4 Å². The number of halogens is 6. The lowest BCUT2D eigenvalue weighted by Crippen LogP contribution is -2.49. The van der Waals surface area contributed by atoms with Gasteiger partial charge in [0.15, 0.2) is 0 Å². The van der Waals surface area contributed by atoms with Gasteiger partial charge in [-0.25, -0.2) is 9.18 Å². The van der Waals surface area contributed by atoms with Gasteiger partial charge >= 0.3 is 12.1 Å². The first kappa shape index (κ1) is 30.6. The van der Waals surface area contributed by atoms with Crippen LogP contribution in [0.3, 0.4) is 0 Å². The van der Waals surface area contributed by atoms with Gasteiger partial charge in [0.05, 0.1) is 11.1 Å². The molecule has 39 heavy (non-hydrogen) atoms. The summed E-state index contributed by atoms with van der Waals surface area (Å²) in [5, 5.41) is 16.6. The molecule has 0 radical (unpaired) electrons. The zero-order valence-corrected chi connectivity index (χ0v) is 22.9. The lowest BCUT2D eigenvalue weighted by Gasteiger charge is -2.37. The number of benzene rings is 2. The first-order valence-corrected chi connectivity index (χ1v) is 12.5. The van der Waals surface area contributed by atoms with E-state index in [1.54, 1.807) is 30.3 Å². The summed E-state index contributed by atoms with van der Waals surface area (Å²) in [5.41, 5.74) is 0.107. The Hall–Kier alpha value is -2.89. The third-order valence-electron chi connectivity index (χ3n) is 6.71. The van der Waals surface area contributed by atoms with Crippen LogP contribution in [0.5, 0.6) is 0 Å². The van der Waals surface area contributed by atoms with E-state index >= 15 is 4.39 Å². The van der Waals surface area contributed by atoms with Crippen LogP contribution in [-0.2, 0) is 19.8 Å². The van der Waals surface area contributed by atoms with Crippen molar-refractivity contribution in [3.05, 3.63) is 63.4 Å². The summed E-state index contributed by atoms with van der Waals surface area (Å²) in [7, 11) is 1.53. The molecule has 0 aromatic heterocycles. The first-order valence-electron chi connectivity index (χ1n) is 11.8. The van der Waals surface area contributed by atoms with Gasteiger partial charge in [0.25, 0.3) is 0 Å². The molecule has 4 rings (SSSR count). The number of nitrogens with one attached hydrogen (secondary N) is 3. The Morgan fingerprint density at radius 3 is 2.28 bits per heavy atom. The SMILES string of the molecule is CNC(=O)[C@@H]1N[C@@H](CC(C)(C)C)[C@@]2(C(=O)Nc3cc(Cl)ccc32)[C@H]1c1cccc(Cl)c1F.O=C(O)C(F)(F)F. The van der Waals surface area contributed by atoms with Crippen molar-refractivity contribution < 1.29 is 37.1 Å². The fourth-order valence-electron chi connectivity index (χ4n) is 5.31. The van der Waals surface area contributed by atoms with Crippen LogP contribution >= 0.6 is 23.2 Å². The van der Waals surface area contributed by atoms with Crippen molar-refractivity contribution in [1.82, 2.24) is 10.6 Å². The summed E-state index contributed by atoms with van der Waals surface area (Å²) in [6.07, 6.45) is -4.51. The van der Waals surface area contributed by atoms with Crippen molar-refractivity contribution in [3.8, 4) is 0 Å². The molecule has 0 unspecified atom stereocenters. The highest BCUT2D eigenvalue weighted by Gasteiger charge is 2.66. The number of hydrogen-bond donors (Lipinski definition) is 4. The molecule has 13 heteroatoms. The van der Waals surface area contributed by atoms with Crippen molar-refractivity contribution in [3.63, 3.8) is 0 Å². The number of carbonyl (C=O) groups is 3. The molecule has 2 aromatic carbocycles. The lowest BCUT2D eigenvalue weighted by atomic mass is 9.62. The zero-order valence-electron chi connectivity index (χ0n) is 21.3. The van der Waals surface area contributed by atoms with Gasteiger partial charge in [-0.15, -0.1) is 0 Å². The highest BCUT2D eigenvalue weighted by molar-refractivity contribution is 6.31. The quantitative estimate of drug-likeness (QED) is 0.364. The number of carboxylic acid groups (broad SMARTS) is 1. The van der Waals surface area contributed by atoms with E-state index in [9.17, 15) is 22.8 Å². The maximum Gasteiger partial charge on any atom is 0.490 e. The van der Waals surface area contributed by atoms with Gasteiger partial charge in [-0.05, 0) is 41.2 Å². The molecule has 1 saturated heterocycles. The average molecular weight is 592 g/mol. The largest absolute Gasteiger partial charge is 0.490 e. The molecule has 2 heterocycles. The number of hydrogen-bond acceptors (Lipinski definition) is 4. The highest BCUT2D eigenvalue weighted by Crippen LogP contribution is 2.57. The van der Waals surface area contributed by atoms with Crippen LogP contribution < -0.4 is 16.0 Å². The number of carbonyl (C=O) groups excluding carboxylic acids is 2. The number of aliphatic carboxylic acids is 1. The van der Waals surface area contributed by atoms with Crippen LogP contribution in [0, 0.1) is 11.2 Å². The predicted molar refractivity (Wildman–Crippen MR) is 138 cm³/mol. The summed E-state index contributed by atoms with van der Waals surface area (Å²) >= 11 is 12.3. The molecule has 0 aliphatic carbocycles. The zero-order chi connectivity index (χ0) is 29.5. The van der Waals surface area contributed by atoms with Crippen molar-refractivity contribution >= 4 is 46.7 Å². The summed E-state index contributed by atoms with van der Waals surface area (Å²) < 4.78 is 47.2. The van der Waals surface area contributed by atoms with Gasteiger partial charge in [-0.2, -0.15) is 13.2 Å². The van der Waals surface area contributed by atoms with Gasteiger partial charge in [-0.1, -0.05) is 62.2 Å². The Kier molecular flexibility index (Phi) is 8.60. The third-order valence-corrected chi connectivity index (χ3v) is 7.24. The minimum absolute atomic E-state index is 0.0534. The molecule has 7 nitrogen and oxygen atoms in total. The van der Waals surface area contributed by atoms with Crippen LogP contribution in [0.25, 0.3) is 0 Å². The second-order valence-corrected chi connectivity index (χ2v) is 11.4. The second-order valence-electron chi connectivity index (χ2n) is 10.5. The van der Waals surface area contributed by atoms with Crippen molar-refractivity contribution in [2.75, 3.05) is 12.4 Å². The van der Waals surface area contributed by atoms with E-state index in [2.05, 4.69) is 36.7 Å². The molecule has 1 fully saturated rings. The summed E-state index contributed by atoms with van der Waals surface area (Å²) in [6, 6.07) is 8.64. The minimum atomic E-state index is -5.08. The third kappa shape index (κ3) is 5.85. The Balaban J connectivity index is 0.000000532. The standard InChI is InChI=1S/C24H26Cl2FN3O2.C2HF3O2/c1-23(2,3)11-17-24(14-9-8-12(25)10-16(14)29-22(24)32)18(20(30-17)21(31)28-4)13-6-5-7-15(26)19(13)27;3-2(4,5)1(6)7/h5-10,17-18,20,30H,11H2,1-4H3,(H,28,31)(H,29,32);(H,6,7)/t17-,18-,20+,24+;/m0./s1. The van der Waals surface area contributed by atoms with Crippen LogP contribution in [0.1, 0.15) is 44.2 Å². The van der Waals surface area contributed by atoms with Crippen LogP contribution in [-0.4, -0.2) is 48.2 Å². The normalized spacial score (nSPS) is 24.1. The molecule has 2 amide bonds. The predicted octanol–water partition coefficient (Wildman–Crippen LogP) is 5.26. The van der Waals surface area contributed by atoms with Gasteiger partial charge in [-0.3, -0.25) is 9.59 Å². The van der Waals surface area contributed by atoms with E-state index in [-0.39, 0.29) is 27.8 Å². The summed E-state index contributed by atoms with van der Waals surface area (Å²) in [5.74, 6) is -4.81. The van der Waals surface area contributed by atoms with E-state index in [1.807, 2.05) is 0 Å². The molecule has 2 aromatic rings. The maximum absolute atomic E-state index is 15.4. The molecular formula is C26H27Cl2F4N3O4. The molecule has 2 aliphatic heterocycles. The molecule has 2 aliphatic rings. The van der Waals surface area contributed by atoms with E-state index in [0.29, 0.717) is 22.7 Å². The molecule has 4 atom stereocenters. The van der Waals surface area contributed by atoms with E-state index in [1.165, 1.54) is 13.1 Å². The fourth-order valence-corrected chi connectivity index (χ4v) is 5.66. The second kappa shape index (κ2) is 10.9. The molecule has 1 spiro atoms. The monoisotopic (exact) mass is 591 g/mol. The summed E-state index contributed by atoms with van der Waals surface area (Å²) in [4.78, 5) is 35.7. The number of anilines is 1. The number of alkyl halides is 3. The van der Waals surface area contributed by atoms with Gasteiger partial charge in [0, 0.05) is 29.7 Å². The van der Waals surface area contributed by atoms with Crippen LogP contribution in [0.2, 0.25) is 10.0 Å². The van der Waals surface area contributed by atoms with Gasteiger partial charge in [0.2, 0.25) is 11.8 Å². The van der Waals surface area contributed by atoms with Crippen LogP contribution in [0.4, 0.5) is 23.2 Å². The highest BCUT2D eigenvalue weighted by atomic mass is 35.5. The lowest BCUT2D eigenvalue weighted by molar-refractivity contribution is -0.192. The molecular weight excluding hydrogens is 565 g/mol. The number of amides is 2. The fraction of sp³-hybridized carbons (Fsp3) is 0.423. The molecule has 212 valence electrons. The van der Waals surface area contributed by atoms with Crippen molar-refractivity contribution in [2.24, 2.45) is 5.41 Å². The Labute approximate surface area is 232 Å². The van der Waals surface area contributed by atoms with Crippen LogP contribution in [0.15, 0.2) is 36.4 Å². The van der Waals surface area contributed by atoms with Gasteiger partial charge in [0.1, 0.15) is 11.2 Å².